The quantitative estimate of drug-likeness (QED) is 0.200. The minimum atomic E-state index is 0.293. The van der Waals surface area contributed by atoms with E-state index in [-0.39, 0.29) is 0 Å². The lowest BCUT2D eigenvalue weighted by atomic mass is 9.76. The van der Waals surface area contributed by atoms with Crippen molar-refractivity contribution in [2.24, 2.45) is 11.8 Å². The van der Waals surface area contributed by atoms with Gasteiger partial charge in [-0.1, -0.05) is 43.1 Å². The lowest BCUT2D eigenvalue weighted by Crippen LogP contribution is -2.19. The molecule has 1 aliphatic rings. The van der Waals surface area contributed by atoms with Crippen LogP contribution in [0, 0.1) is 24.2 Å². The van der Waals surface area contributed by atoms with E-state index < -0.39 is 0 Å². The van der Waals surface area contributed by atoms with Gasteiger partial charge in [-0.25, -0.2) is 0 Å². The van der Waals surface area contributed by atoms with Crippen molar-refractivity contribution in [3.05, 3.63) is 44.1 Å². The Morgan fingerprint density at radius 1 is 1.48 bits per heavy atom. The van der Waals surface area contributed by atoms with E-state index >= 15 is 0 Å². The van der Waals surface area contributed by atoms with E-state index in [0.29, 0.717) is 28.5 Å². The average Bonchev–Trinajstić information content (AvgIpc) is 2.50. The molecule has 1 aliphatic carbocycles. The smallest absolute Gasteiger partial charge is 0.107 e. The van der Waals surface area contributed by atoms with Gasteiger partial charge in [-0.3, -0.25) is 0 Å². The first-order valence-corrected chi connectivity index (χ1v) is 9.66. The van der Waals surface area contributed by atoms with Gasteiger partial charge in [0.25, 0.3) is 0 Å². The highest BCUT2D eigenvalue weighted by Crippen LogP contribution is 2.39. The Kier molecular flexibility index (Phi) is 8.44. The molecule has 0 bridgehead atoms. The van der Waals surface area contributed by atoms with Gasteiger partial charge < -0.3 is 5.11 Å². The van der Waals surface area contributed by atoms with Crippen LogP contribution in [-0.2, 0) is 0 Å². The predicted octanol–water partition coefficient (Wildman–Crippen LogP) is 7.17. The van der Waals surface area contributed by atoms with Crippen LogP contribution in [0.2, 0.25) is 0 Å². The number of allylic oxidation sites excluding steroid dienone is 7. The fourth-order valence-corrected chi connectivity index (χ4v) is 4.34. The van der Waals surface area contributed by atoms with Gasteiger partial charge in [-0.15, -0.1) is 6.42 Å². The van der Waals surface area contributed by atoms with Crippen molar-refractivity contribution in [3.8, 4) is 12.3 Å². The van der Waals surface area contributed by atoms with E-state index in [2.05, 4.69) is 71.2 Å². The first-order chi connectivity index (χ1) is 10.8. The molecule has 0 aromatic rings. The molecule has 0 saturated carbocycles. The molecule has 0 unspecified atom stereocenters. The summed E-state index contributed by atoms with van der Waals surface area (Å²) in [6, 6.07) is 0. The second-order valence-corrected chi connectivity index (χ2v) is 7.91. The largest absolute Gasteiger partial charge is 0.511 e. The van der Waals surface area contributed by atoms with Gasteiger partial charge in [-0.05, 0) is 82.4 Å². The molecule has 0 fully saturated rings. The second kappa shape index (κ2) is 9.55. The summed E-state index contributed by atoms with van der Waals surface area (Å²) in [7, 11) is 0. The van der Waals surface area contributed by atoms with Crippen molar-refractivity contribution in [1.29, 1.82) is 0 Å². The zero-order valence-corrected chi connectivity index (χ0v) is 17.4. The Bertz CT molecular complexity index is 587. The minimum Gasteiger partial charge on any atom is -0.511 e. The maximum Gasteiger partial charge on any atom is 0.107 e. The monoisotopic (exact) mass is 440 g/mol. The molecule has 3 heteroatoms. The van der Waals surface area contributed by atoms with Crippen LogP contribution >= 0.6 is 31.9 Å². The number of hydrogen-bond donors (Lipinski definition) is 1. The van der Waals surface area contributed by atoms with Gasteiger partial charge in [0.1, 0.15) is 5.76 Å². The number of aliphatic hydroxyl groups excluding tert-OH is 1. The van der Waals surface area contributed by atoms with E-state index in [4.69, 9.17) is 6.42 Å². The Labute approximate surface area is 157 Å². The van der Waals surface area contributed by atoms with E-state index in [1.807, 2.05) is 0 Å². The van der Waals surface area contributed by atoms with Crippen LogP contribution in [0.4, 0.5) is 0 Å². The van der Waals surface area contributed by atoms with Gasteiger partial charge in [0, 0.05) is 6.42 Å². The summed E-state index contributed by atoms with van der Waals surface area (Å²) in [5.41, 5.74) is 3.54. The molecule has 23 heavy (non-hydrogen) atoms. The fraction of sp³-hybridized carbons (Fsp3) is 0.500. The highest BCUT2D eigenvalue weighted by molar-refractivity contribution is 9.12. The van der Waals surface area contributed by atoms with Crippen molar-refractivity contribution in [1.82, 2.24) is 0 Å². The Hall–Kier alpha value is -0.720. The van der Waals surface area contributed by atoms with E-state index in [0.717, 1.165) is 35.7 Å². The van der Waals surface area contributed by atoms with Crippen LogP contribution in [0.25, 0.3) is 0 Å². The van der Waals surface area contributed by atoms with Crippen LogP contribution in [0.15, 0.2) is 44.1 Å². The number of aliphatic hydroxyl groups is 1. The maximum absolute atomic E-state index is 10.6. The molecule has 0 radical (unpaired) electrons. The molecular formula is C20H26Br2O. The third-order valence-corrected chi connectivity index (χ3v) is 5.98. The molecule has 0 aliphatic heterocycles. The lowest BCUT2D eigenvalue weighted by molar-refractivity contribution is 0.319. The van der Waals surface area contributed by atoms with Crippen LogP contribution in [0.5, 0.6) is 0 Å². The molecule has 0 saturated heterocycles. The zero-order chi connectivity index (χ0) is 17.6. The van der Waals surface area contributed by atoms with E-state index in [1.165, 1.54) is 11.1 Å². The molecule has 1 rings (SSSR count). The summed E-state index contributed by atoms with van der Waals surface area (Å²) < 4.78 is 1.42. The first-order valence-electron chi connectivity index (χ1n) is 8.07. The fourth-order valence-electron chi connectivity index (χ4n) is 3.12. The first kappa shape index (κ1) is 20.3. The van der Waals surface area contributed by atoms with Crippen LogP contribution in [0.3, 0.4) is 0 Å². The van der Waals surface area contributed by atoms with Crippen molar-refractivity contribution in [3.63, 3.8) is 0 Å². The highest BCUT2D eigenvalue weighted by Gasteiger charge is 2.26. The minimum absolute atomic E-state index is 0.293. The SMILES string of the molecule is C#C/C(Br)=C(CCC)\C(Br)=C(\O)C[C@@H]1C=C(C)CC[C@H]1C(=C)C. The summed E-state index contributed by atoms with van der Waals surface area (Å²) in [5.74, 6) is 3.70. The maximum atomic E-state index is 10.6. The molecule has 0 spiro atoms. The lowest BCUT2D eigenvalue weighted by Gasteiger charge is -2.30. The normalized spacial score (nSPS) is 23.4. The number of terminal acetylenes is 1. The van der Waals surface area contributed by atoms with Crippen LogP contribution < -0.4 is 0 Å². The summed E-state index contributed by atoms with van der Waals surface area (Å²) in [5, 5.41) is 10.6. The highest BCUT2D eigenvalue weighted by atomic mass is 79.9. The van der Waals surface area contributed by atoms with Gasteiger partial charge in [0.15, 0.2) is 0 Å². The predicted molar refractivity (Wildman–Crippen MR) is 108 cm³/mol. The van der Waals surface area contributed by atoms with Gasteiger partial charge in [-0.2, -0.15) is 0 Å². The standard InChI is InChI=1S/C20H26Br2O/c1-6-8-17(18(21)7-2)20(22)19(23)12-15-11-14(5)9-10-16(15)13(3)4/h2,11,15-16,23H,3,6,8-10,12H2,1,4-5H3/b18-17+,20-19-/t15-,16-/m0/s1. The third-order valence-electron chi connectivity index (χ3n) is 4.34. The van der Waals surface area contributed by atoms with Crippen molar-refractivity contribution in [2.45, 2.75) is 52.9 Å². The molecule has 2 atom stereocenters. The van der Waals surface area contributed by atoms with Crippen molar-refractivity contribution in [2.75, 3.05) is 0 Å². The molecule has 0 heterocycles. The van der Waals surface area contributed by atoms with Gasteiger partial charge >= 0.3 is 0 Å². The summed E-state index contributed by atoms with van der Waals surface area (Å²) in [6.07, 6.45) is 12.4. The zero-order valence-electron chi connectivity index (χ0n) is 14.3. The summed E-state index contributed by atoms with van der Waals surface area (Å²) in [6.45, 7) is 10.5. The Morgan fingerprint density at radius 3 is 2.65 bits per heavy atom. The summed E-state index contributed by atoms with van der Waals surface area (Å²) in [4.78, 5) is 0. The Morgan fingerprint density at radius 2 is 2.13 bits per heavy atom. The third kappa shape index (κ3) is 5.69. The summed E-state index contributed by atoms with van der Waals surface area (Å²) >= 11 is 6.98. The average molecular weight is 442 g/mol. The molecule has 1 nitrogen and oxygen atoms in total. The molecule has 0 amide bonds. The number of halogens is 2. The molecule has 1 N–H and O–H groups in total. The molecule has 126 valence electrons. The van der Waals surface area contributed by atoms with Crippen LogP contribution in [0.1, 0.15) is 52.9 Å². The van der Waals surface area contributed by atoms with Crippen molar-refractivity contribution < 1.29 is 5.11 Å². The number of rotatable bonds is 6. The second-order valence-electron chi connectivity index (χ2n) is 6.32. The van der Waals surface area contributed by atoms with Gasteiger partial charge in [0.2, 0.25) is 0 Å². The Balaban J connectivity index is 3.11. The van der Waals surface area contributed by atoms with Crippen LogP contribution in [-0.4, -0.2) is 5.11 Å². The van der Waals surface area contributed by atoms with E-state index in [1.54, 1.807) is 0 Å². The van der Waals surface area contributed by atoms with Crippen molar-refractivity contribution >= 4 is 31.9 Å². The molecule has 0 aromatic carbocycles. The molecular weight excluding hydrogens is 416 g/mol. The van der Waals surface area contributed by atoms with E-state index in [9.17, 15) is 5.11 Å². The topological polar surface area (TPSA) is 20.2 Å². The number of hydrogen-bond acceptors (Lipinski definition) is 1. The van der Waals surface area contributed by atoms with Gasteiger partial charge in [0.05, 0.1) is 8.96 Å². The molecule has 0 aromatic heterocycles.